The van der Waals surface area contributed by atoms with Gasteiger partial charge in [0, 0.05) is 23.8 Å². The van der Waals surface area contributed by atoms with Crippen molar-refractivity contribution in [3.8, 4) is 11.5 Å². The minimum atomic E-state index is -0.644. The van der Waals surface area contributed by atoms with Crippen LogP contribution in [-0.4, -0.2) is 60.1 Å². The Bertz CT molecular complexity index is 999. The zero-order valence-electron chi connectivity index (χ0n) is 18.3. The third kappa shape index (κ3) is 5.31. The summed E-state index contributed by atoms with van der Waals surface area (Å²) in [6.45, 7) is 2.82. The fraction of sp³-hybridized carbons (Fsp3) is 0.348. The van der Waals surface area contributed by atoms with Gasteiger partial charge in [-0.3, -0.25) is 14.5 Å². The molecule has 32 heavy (non-hydrogen) atoms. The van der Waals surface area contributed by atoms with Crippen molar-refractivity contribution in [1.29, 1.82) is 0 Å². The van der Waals surface area contributed by atoms with Crippen LogP contribution < -0.4 is 14.8 Å². The number of nitrogens with zero attached hydrogens (tertiary/aromatic N) is 2. The highest BCUT2D eigenvalue weighted by Crippen LogP contribution is 2.28. The summed E-state index contributed by atoms with van der Waals surface area (Å²) < 4.78 is 10.7. The average molecular weight is 476 g/mol. The number of methoxy groups -OCH3 is 2. The molecule has 1 fully saturated rings. The summed E-state index contributed by atoms with van der Waals surface area (Å²) in [5, 5.41) is 3.85. The van der Waals surface area contributed by atoms with Crippen LogP contribution >= 0.6 is 23.8 Å². The minimum Gasteiger partial charge on any atom is -0.493 e. The van der Waals surface area contributed by atoms with Gasteiger partial charge in [0.25, 0.3) is 5.91 Å². The lowest BCUT2D eigenvalue weighted by atomic mass is 10.1. The first-order chi connectivity index (χ1) is 15.4. The number of carbonyl (C=O) groups is 2. The van der Waals surface area contributed by atoms with Crippen LogP contribution in [0, 0.1) is 0 Å². The molecule has 170 valence electrons. The third-order valence-corrected chi connectivity index (χ3v) is 6.02. The third-order valence-electron chi connectivity index (χ3n) is 5.32. The van der Waals surface area contributed by atoms with Crippen LogP contribution in [-0.2, 0) is 16.0 Å². The lowest BCUT2D eigenvalue weighted by Crippen LogP contribution is -2.39. The van der Waals surface area contributed by atoms with Crippen molar-refractivity contribution < 1.29 is 19.1 Å². The summed E-state index contributed by atoms with van der Waals surface area (Å²) in [6.07, 6.45) is 0.630. The van der Waals surface area contributed by atoms with Gasteiger partial charge >= 0.3 is 0 Å². The zero-order chi connectivity index (χ0) is 23.3. The van der Waals surface area contributed by atoms with Gasteiger partial charge in [-0.25, -0.2) is 0 Å². The number of carbonyl (C=O) groups excluding carboxylic acids is 2. The highest BCUT2D eigenvalue weighted by Gasteiger charge is 2.42. The molecule has 1 atom stereocenters. The van der Waals surface area contributed by atoms with E-state index >= 15 is 0 Å². The summed E-state index contributed by atoms with van der Waals surface area (Å²) in [4.78, 5) is 29.0. The van der Waals surface area contributed by atoms with Gasteiger partial charge in [0.05, 0.1) is 20.6 Å². The van der Waals surface area contributed by atoms with Crippen molar-refractivity contribution in [2.75, 3.05) is 32.6 Å². The number of thiocarbonyl (C=S) groups is 1. The number of hydrogen-bond donors (Lipinski definition) is 1. The van der Waals surface area contributed by atoms with E-state index in [1.165, 1.54) is 0 Å². The van der Waals surface area contributed by atoms with Crippen molar-refractivity contribution in [1.82, 2.24) is 9.80 Å². The summed E-state index contributed by atoms with van der Waals surface area (Å²) in [5.74, 6) is 0.870. The Morgan fingerprint density at radius 3 is 2.44 bits per heavy atom. The van der Waals surface area contributed by atoms with E-state index in [2.05, 4.69) is 5.32 Å². The van der Waals surface area contributed by atoms with E-state index in [0.29, 0.717) is 46.8 Å². The molecule has 1 N–H and O–H groups in total. The van der Waals surface area contributed by atoms with Crippen LogP contribution in [0.2, 0.25) is 5.02 Å². The Kier molecular flexibility index (Phi) is 7.93. The maximum Gasteiger partial charge on any atom is 0.252 e. The minimum absolute atomic E-state index is 0.00400. The molecular formula is C23H26ClN3O4S. The topological polar surface area (TPSA) is 71.1 Å². The van der Waals surface area contributed by atoms with Gasteiger partial charge in [-0.2, -0.15) is 0 Å². The molecule has 1 heterocycles. The summed E-state index contributed by atoms with van der Waals surface area (Å²) in [6, 6.07) is 11.9. The first-order valence-electron chi connectivity index (χ1n) is 10.3. The smallest absolute Gasteiger partial charge is 0.252 e. The van der Waals surface area contributed by atoms with Crippen LogP contribution in [0.1, 0.15) is 18.9 Å². The number of nitrogens with one attached hydrogen (secondary N) is 1. The van der Waals surface area contributed by atoms with E-state index in [0.717, 1.165) is 5.56 Å². The second-order valence-electron chi connectivity index (χ2n) is 7.27. The maximum atomic E-state index is 12.9. The molecule has 0 unspecified atom stereocenters. The molecule has 1 aliphatic rings. The normalized spacial score (nSPS) is 15.8. The Morgan fingerprint density at radius 2 is 1.81 bits per heavy atom. The SMILES string of the molecule is CCN1C(=O)[C@@H](CC(=O)Nc2ccc(Cl)cc2)N(CCc2ccc(OC)c(OC)c2)C1=S. The lowest BCUT2D eigenvalue weighted by molar-refractivity contribution is -0.130. The summed E-state index contributed by atoms with van der Waals surface area (Å²) in [7, 11) is 3.18. The van der Waals surface area contributed by atoms with Crippen LogP contribution in [0.4, 0.5) is 5.69 Å². The molecule has 7 nitrogen and oxygen atoms in total. The second kappa shape index (κ2) is 10.7. The molecule has 0 saturated carbocycles. The number of hydrogen-bond acceptors (Lipinski definition) is 5. The van der Waals surface area contributed by atoms with Gasteiger partial charge in [0.15, 0.2) is 16.6 Å². The zero-order valence-corrected chi connectivity index (χ0v) is 19.8. The molecule has 1 aliphatic heterocycles. The highest BCUT2D eigenvalue weighted by molar-refractivity contribution is 7.80. The van der Waals surface area contributed by atoms with Crippen molar-refractivity contribution in [2.45, 2.75) is 25.8 Å². The van der Waals surface area contributed by atoms with Gasteiger partial charge in [-0.05, 0) is 67.5 Å². The molecule has 2 amide bonds. The Hall–Kier alpha value is -2.84. The predicted octanol–water partition coefficient (Wildman–Crippen LogP) is 3.75. The van der Waals surface area contributed by atoms with Gasteiger partial charge in [-0.1, -0.05) is 17.7 Å². The molecule has 0 radical (unpaired) electrons. The van der Waals surface area contributed by atoms with E-state index in [4.69, 9.17) is 33.3 Å². The molecule has 0 aromatic heterocycles. The molecule has 2 aromatic carbocycles. The maximum absolute atomic E-state index is 12.9. The first-order valence-corrected chi connectivity index (χ1v) is 11.0. The molecule has 0 bridgehead atoms. The lowest BCUT2D eigenvalue weighted by Gasteiger charge is -2.24. The molecule has 0 spiro atoms. The summed E-state index contributed by atoms with van der Waals surface area (Å²) >= 11 is 11.5. The summed E-state index contributed by atoms with van der Waals surface area (Å²) in [5.41, 5.74) is 1.63. The van der Waals surface area contributed by atoms with E-state index in [1.54, 1.807) is 43.4 Å². The highest BCUT2D eigenvalue weighted by atomic mass is 35.5. The van der Waals surface area contributed by atoms with Crippen LogP contribution in [0.25, 0.3) is 0 Å². The Labute approximate surface area is 198 Å². The van der Waals surface area contributed by atoms with Crippen molar-refractivity contribution in [3.63, 3.8) is 0 Å². The number of ether oxygens (including phenoxy) is 2. The number of amides is 2. The van der Waals surface area contributed by atoms with E-state index in [1.807, 2.05) is 30.0 Å². The fourth-order valence-corrected chi connectivity index (χ4v) is 4.21. The standard InChI is InChI=1S/C23H26ClN3O4S/c1-4-26-22(29)18(14-21(28)25-17-8-6-16(24)7-9-17)27(23(26)32)12-11-15-5-10-19(30-2)20(13-15)31-3/h5-10,13,18H,4,11-12,14H2,1-3H3,(H,25,28)/t18-/m1/s1. The Balaban J connectivity index is 1.71. The van der Waals surface area contributed by atoms with Crippen LogP contribution in [0.5, 0.6) is 11.5 Å². The Morgan fingerprint density at radius 1 is 1.12 bits per heavy atom. The van der Waals surface area contributed by atoms with Gasteiger partial charge in [-0.15, -0.1) is 0 Å². The number of benzene rings is 2. The van der Waals surface area contributed by atoms with Crippen molar-refractivity contribution in [2.24, 2.45) is 0 Å². The largest absolute Gasteiger partial charge is 0.493 e. The monoisotopic (exact) mass is 475 g/mol. The predicted molar refractivity (Wildman–Crippen MR) is 128 cm³/mol. The number of anilines is 1. The van der Waals surface area contributed by atoms with E-state index in [-0.39, 0.29) is 18.2 Å². The number of halogens is 1. The van der Waals surface area contributed by atoms with Gasteiger partial charge < -0.3 is 19.7 Å². The molecule has 2 aromatic rings. The molecule has 3 rings (SSSR count). The first kappa shape index (κ1) is 23.8. The fourth-order valence-electron chi connectivity index (χ4n) is 3.64. The van der Waals surface area contributed by atoms with Crippen LogP contribution in [0.15, 0.2) is 42.5 Å². The van der Waals surface area contributed by atoms with E-state index in [9.17, 15) is 9.59 Å². The van der Waals surface area contributed by atoms with Gasteiger partial charge in [0.2, 0.25) is 5.91 Å². The second-order valence-corrected chi connectivity index (χ2v) is 8.07. The molecule has 0 aliphatic carbocycles. The van der Waals surface area contributed by atoms with E-state index < -0.39 is 6.04 Å². The number of rotatable bonds is 9. The average Bonchev–Trinajstić information content (AvgIpc) is 3.01. The number of likely N-dealkylation sites (N-methyl/N-ethyl adjacent to an activating group) is 1. The quantitative estimate of drug-likeness (QED) is 0.557. The molecule has 9 heteroatoms. The van der Waals surface area contributed by atoms with Crippen LogP contribution in [0.3, 0.4) is 0 Å². The van der Waals surface area contributed by atoms with Crippen molar-refractivity contribution >= 4 is 46.4 Å². The molecular weight excluding hydrogens is 450 g/mol. The van der Waals surface area contributed by atoms with Crippen molar-refractivity contribution in [3.05, 3.63) is 53.1 Å². The molecule has 1 saturated heterocycles. The van der Waals surface area contributed by atoms with Gasteiger partial charge in [0.1, 0.15) is 6.04 Å².